The third kappa shape index (κ3) is 227. The molecule has 0 fully saturated rings. The van der Waals surface area contributed by atoms with Crippen molar-refractivity contribution in [2.75, 3.05) is 40.0 Å². The summed E-state index contributed by atoms with van der Waals surface area (Å²) in [4.78, 5) is 0. The molecular formula is C6H20ClP2Pt+. The molecule has 0 bridgehead atoms. The fraction of sp³-hybridized carbons (Fsp3) is 1.00. The molecule has 0 amide bonds. The SMILES string of the molecule is C[PH+](C)C.C[PH+](C)C.[Cl-].[Pt]. The summed E-state index contributed by atoms with van der Waals surface area (Å²) in [6.45, 7) is 13.6. The molecule has 0 unspecified atom stereocenters. The summed E-state index contributed by atoms with van der Waals surface area (Å²) in [7, 11) is 0.241. The minimum Gasteiger partial charge on any atom is -1.00 e. The van der Waals surface area contributed by atoms with E-state index in [9.17, 15) is 0 Å². The van der Waals surface area contributed by atoms with E-state index < -0.39 is 0 Å². The molecule has 0 aromatic heterocycles. The van der Waals surface area contributed by atoms with Gasteiger partial charge in [0.15, 0.2) is 0 Å². The van der Waals surface area contributed by atoms with Crippen molar-refractivity contribution in [3.05, 3.63) is 0 Å². The second-order valence-corrected chi connectivity index (χ2v) is 9.00. The van der Waals surface area contributed by atoms with Crippen LogP contribution in [0.25, 0.3) is 0 Å². The maximum Gasteiger partial charge on any atom is 0.0461 e. The van der Waals surface area contributed by atoms with Gasteiger partial charge in [0.25, 0.3) is 0 Å². The molecule has 10 heavy (non-hydrogen) atoms. The minimum absolute atomic E-state index is 0. The van der Waals surface area contributed by atoms with E-state index >= 15 is 0 Å². The van der Waals surface area contributed by atoms with E-state index in [1.807, 2.05) is 0 Å². The van der Waals surface area contributed by atoms with E-state index in [-0.39, 0.29) is 49.3 Å². The van der Waals surface area contributed by atoms with E-state index in [2.05, 4.69) is 40.0 Å². The van der Waals surface area contributed by atoms with Crippen LogP contribution in [0.3, 0.4) is 0 Å². The molecule has 0 aliphatic rings. The number of hydrogen-bond acceptors (Lipinski definition) is 0. The van der Waals surface area contributed by atoms with Crippen molar-refractivity contribution in [1.29, 1.82) is 0 Å². The van der Waals surface area contributed by atoms with Crippen molar-refractivity contribution in [2.45, 2.75) is 0 Å². The van der Waals surface area contributed by atoms with Gasteiger partial charge in [-0.1, -0.05) is 0 Å². The molecule has 0 aromatic carbocycles. The largest absolute Gasteiger partial charge is 1.00 e. The zero-order valence-electron chi connectivity index (χ0n) is 7.69. The number of rotatable bonds is 0. The molecule has 0 N–H and O–H groups in total. The van der Waals surface area contributed by atoms with Crippen LogP contribution in [-0.4, -0.2) is 40.0 Å². The van der Waals surface area contributed by atoms with Gasteiger partial charge in [-0.25, -0.2) is 0 Å². The van der Waals surface area contributed by atoms with Crippen LogP contribution in [0.1, 0.15) is 0 Å². The molecule has 0 aromatic rings. The second-order valence-electron chi connectivity index (χ2n) is 3.00. The minimum atomic E-state index is 0. The summed E-state index contributed by atoms with van der Waals surface area (Å²) in [5.41, 5.74) is 0. The maximum atomic E-state index is 2.27. The van der Waals surface area contributed by atoms with Gasteiger partial charge in [-0.05, 0) is 15.8 Å². The summed E-state index contributed by atoms with van der Waals surface area (Å²) in [6, 6.07) is 0. The van der Waals surface area contributed by atoms with E-state index in [0.29, 0.717) is 0 Å². The average molecular weight is 385 g/mol. The molecule has 0 saturated carbocycles. The van der Waals surface area contributed by atoms with Crippen LogP contribution >= 0.6 is 15.8 Å². The maximum absolute atomic E-state index is 2.27. The van der Waals surface area contributed by atoms with Gasteiger partial charge in [0, 0.05) is 61.1 Å². The Morgan fingerprint density at radius 3 is 0.600 bits per heavy atom. The van der Waals surface area contributed by atoms with Crippen LogP contribution in [0.4, 0.5) is 0 Å². The first-order chi connectivity index (χ1) is 3.46. The Bertz CT molecular complexity index is 31.2. The topological polar surface area (TPSA) is 0 Å². The van der Waals surface area contributed by atoms with Gasteiger partial charge < -0.3 is 12.4 Å². The first-order valence-electron chi connectivity index (χ1n) is 3.00. The summed E-state index contributed by atoms with van der Waals surface area (Å²) < 4.78 is 0. The molecule has 0 aliphatic carbocycles. The number of hydrogen-bond donors (Lipinski definition) is 0. The fourth-order valence-corrected chi connectivity index (χ4v) is 0. The Morgan fingerprint density at radius 1 is 0.600 bits per heavy atom. The fourth-order valence-electron chi connectivity index (χ4n) is 0. The predicted octanol–water partition coefficient (Wildman–Crippen LogP) is -0.818. The molecule has 70 valence electrons. The van der Waals surface area contributed by atoms with Gasteiger partial charge in [-0.15, -0.1) is 0 Å². The van der Waals surface area contributed by atoms with Gasteiger partial charge in [-0.2, -0.15) is 0 Å². The summed E-state index contributed by atoms with van der Waals surface area (Å²) in [5.74, 6) is 0. The van der Waals surface area contributed by atoms with Crippen LogP contribution in [0, 0.1) is 0 Å². The first kappa shape index (κ1) is 22.6. The van der Waals surface area contributed by atoms with E-state index in [0.717, 1.165) is 0 Å². The van der Waals surface area contributed by atoms with Gasteiger partial charge in [0.05, 0.1) is 0 Å². The smallest absolute Gasteiger partial charge is 0.0461 e. The average Bonchev–Trinajstić information content (AvgIpc) is 1.25. The first-order valence-corrected chi connectivity index (χ1v) is 9.00. The summed E-state index contributed by atoms with van der Waals surface area (Å²) >= 11 is 0. The summed E-state index contributed by atoms with van der Waals surface area (Å²) in [5, 5.41) is 0. The van der Waals surface area contributed by atoms with Gasteiger partial charge in [0.1, 0.15) is 0 Å². The van der Waals surface area contributed by atoms with E-state index in [1.54, 1.807) is 0 Å². The van der Waals surface area contributed by atoms with E-state index in [4.69, 9.17) is 0 Å². The zero-order chi connectivity index (χ0) is 7.15. The van der Waals surface area contributed by atoms with Gasteiger partial charge in [-0.3, -0.25) is 0 Å². The predicted molar refractivity (Wildman–Crippen MR) is 52.2 cm³/mol. The Morgan fingerprint density at radius 2 is 0.600 bits per heavy atom. The Kier molecular flexibility index (Phi) is 38.6. The van der Waals surface area contributed by atoms with Crippen molar-refractivity contribution >= 4 is 15.8 Å². The third-order valence-corrected chi connectivity index (χ3v) is 0. The molecule has 0 heterocycles. The van der Waals surface area contributed by atoms with Crippen LogP contribution in [0.15, 0.2) is 0 Å². The van der Waals surface area contributed by atoms with Crippen LogP contribution in [-0.2, 0) is 21.1 Å². The van der Waals surface area contributed by atoms with Crippen molar-refractivity contribution < 1.29 is 33.5 Å². The van der Waals surface area contributed by atoms with Crippen LogP contribution in [0.2, 0.25) is 0 Å². The molecular weight excluding hydrogens is 365 g/mol. The Balaban J connectivity index is -0.0000000300. The van der Waals surface area contributed by atoms with Crippen molar-refractivity contribution in [3.63, 3.8) is 0 Å². The zero-order valence-corrected chi connectivity index (χ0v) is 12.7. The second kappa shape index (κ2) is 17.1. The van der Waals surface area contributed by atoms with Crippen molar-refractivity contribution in [3.8, 4) is 0 Å². The molecule has 4 heteroatoms. The quantitative estimate of drug-likeness (QED) is 0.479. The third-order valence-electron chi connectivity index (χ3n) is 0. The normalized spacial score (nSPS) is 7.20. The van der Waals surface area contributed by atoms with Gasteiger partial charge in [0.2, 0.25) is 0 Å². The van der Waals surface area contributed by atoms with Gasteiger partial charge >= 0.3 is 0 Å². The number of halogens is 1. The molecule has 0 nitrogen and oxygen atoms in total. The summed E-state index contributed by atoms with van der Waals surface area (Å²) in [6.07, 6.45) is 0. The Hall–Kier alpha value is 1.84. The van der Waals surface area contributed by atoms with Crippen molar-refractivity contribution in [1.82, 2.24) is 0 Å². The molecule has 0 atom stereocenters. The molecule has 0 aliphatic heterocycles. The van der Waals surface area contributed by atoms with E-state index in [1.165, 1.54) is 0 Å². The Labute approximate surface area is 89.1 Å². The molecule has 0 saturated heterocycles. The monoisotopic (exact) mass is 384 g/mol. The van der Waals surface area contributed by atoms with Crippen LogP contribution < -0.4 is 12.4 Å². The molecule has 0 radical (unpaired) electrons. The van der Waals surface area contributed by atoms with Crippen molar-refractivity contribution in [2.24, 2.45) is 0 Å². The molecule has 0 spiro atoms. The molecule has 0 rings (SSSR count). The van der Waals surface area contributed by atoms with Crippen LogP contribution in [0.5, 0.6) is 0 Å². The standard InChI is InChI=1S/2C3H9P.ClH.Pt/c2*1-4(2)3;;/h2*1-3H3;1H;/p+1.